The lowest BCUT2D eigenvalue weighted by atomic mass is 9.99. The maximum absolute atomic E-state index is 12.0. The predicted molar refractivity (Wildman–Crippen MR) is 220 cm³/mol. The van der Waals surface area contributed by atoms with Crippen molar-refractivity contribution < 1.29 is 14.4 Å². The summed E-state index contributed by atoms with van der Waals surface area (Å²) in [6.45, 7) is 6.38. The average molecular weight is 752 g/mol. The molecule has 0 aliphatic carbocycles. The Hall–Kier alpha value is -5.22. The SMILES string of the molecule is CC.CC(=O)c1ccc2c(c1)Nc1ccccc1S2.O=C1CCN2c3ccccc3Sc3cccc1c32.O=Cc1ccc2c(c1)Sc1ccccc1N2. The number of rotatable bonds is 2. The second-order valence-corrected chi connectivity index (χ2v) is 15.4. The summed E-state index contributed by atoms with van der Waals surface area (Å²) in [7, 11) is 0. The van der Waals surface area contributed by atoms with Crippen LogP contribution in [0, 0.1) is 0 Å². The molecule has 0 unspecified atom stereocenters. The maximum Gasteiger partial charge on any atom is 0.166 e. The first-order chi connectivity index (χ1) is 25.9. The number of aldehydes is 1. The number of ketones is 2. The monoisotopic (exact) mass is 751 g/mol. The highest BCUT2D eigenvalue weighted by molar-refractivity contribution is 8.00. The fraction of sp³-hybridized carbons (Fsp3) is 0.114. The average Bonchev–Trinajstić information content (AvgIpc) is 3.21. The molecular weight excluding hydrogens is 715 g/mol. The van der Waals surface area contributed by atoms with Crippen LogP contribution in [0.15, 0.2) is 157 Å². The molecule has 0 saturated carbocycles. The van der Waals surface area contributed by atoms with Gasteiger partial charge in [0.1, 0.15) is 6.29 Å². The van der Waals surface area contributed by atoms with Crippen LogP contribution in [-0.2, 0) is 0 Å². The van der Waals surface area contributed by atoms with Gasteiger partial charge in [-0.25, -0.2) is 0 Å². The number of nitrogens with one attached hydrogen (secondary N) is 2. The Morgan fingerprint density at radius 3 is 1.92 bits per heavy atom. The molecule has 0 spiro atoms. The molecule has 4 aliphatic heterocycles. The molecule has 2 N–H and O–H groups in total. The van der Waals surface area contributed by atoms with Crippen molar-refractivity contribution in [3.63, 3.8) is 0 Å². The quantitative estimate of drug-likeness (QED) is 0.133. The van der Waals surface area contributed by atoms with Crippen molar-refractivity contribution in [2.24, 2.45) is 0 Å². The van der Waals surface area contributed by atoms with Crippen LogP contribution in [0.3, 0.4) is 0 Å². The molecular formula is C44H37N3O3S3. The summed E-state index contributed by atoms with van der Waals surface area (Å²) in [6.07, 6.45) is 1.48. The summed E-state index contributed by atoms with van der Waals surface area (Å²) < 4.78 is 0. The first kappa shape index (κ1) is 36.2. The number of para-hydroxylation sites is 4. The molecule has 4 aliphatic rings. The topological polar surface area (TPSA) is 78.5 Å². The molecule has 0 fully saturated rings. The van der Waals surface area contributed by atoms with Gasteiger partial charge in [0.15, 0.2) is 11.6 Å². The lowest BCUT2D eigenvalue weighted by Gasteiger charge is -2.36. The number of hydrogen-bond donors (Lipinski definition) is 2. The van der Waals surface area contributed by atoms with Crippen molar-refractivity contribution in [1.82, 2.24) is 0 Å². The second kappa shape index (κ2) is 16.2. The number of hydrogen-bond acceptors (Lipinski definition) is 9. The Morgan fingerprint density at radius 2 is 1.21 bits per heavy atom. The van der Waals surface area contributed by atoms with E-state index < -0.39 is 0 Å². The molecule has 0 saturated heterocycles. The minimum absolute atomic E-state index is 0.0958. The zero-order chi connectivity index (χ0) is 36.9. The number of carbonyl (C=O) groups is 3. The highest BCUT2D eigenvalue weighted by Crippen LogP contribution is 2.51. The van der Waals surface area contributed by atoms with E-state index in [2.05, 4.69) is 64.1 Å². The van der Waals surface area contributed by atoms with Crippen LogP contribution in [0.25, 0.3) is 0 Å². The van der Waals surface area contributed by atoms with Crippen molar-refractivity contribution in [2.45, 2.75) is 56.6 Å². The van der Waals surface area contributed by atoms with E-state index in [0.29, 0.717) is 12.0 Å². The van der Waals surface area contributed by atoms with E-state index in [9.17, 15) is 14.4 Å². The van der Waals surface area contributed by atoms with Gasteiger partial charge in [0, 0.05) is 59.0 Å². The lowest BCUT2D eigenvalue weighted by Crippen LogP contribution is -2.30. The van der Waals surface area contributed by atoms with Crippen LogP contribution < -0.4 is 15.5 Å². The standard InChI is InChI=1S/C15H11NOS.C14H11NOS.C13H9NOS.C2H6/c17-12-8-9-16-11-5-1-2-6-13(11)18-14-7-3-4-10(12)15(14)16;1-9(16)10-6-7-14-12(8-10)15-11-4-2-3-5-13(11)17-14;15-8-9-5-6-11-13(7-9)16-12-4-2-1-3-10(12)14-11;1-2/h1-7H,8-9H2;2-8,15H,1H3;1-8,14H;1-2H3. The third-order valence-electron chi connectivity index (χ3n) is 8.79. The van der Waals surface area contributed by atoms with Crippen LogP contribution in [0.5, 0.6) is 0 Å². The molecule has 10 rings (SSSR count). The van der Waals surface area contributed by atoms with Crippen LogP contribution in [0.2, 0.25) is 0 Å². The van der Waals surface area contributed by atoms with Gasteiger partial charge in [0.2, 0.25) is 0 Å². The van der Waals surface area contributed by atoms with Crippen molar-refractivity contribution in [3.8, 4) is 0 Å². The molecule has 0 atom stereocenters. The van der Waals surface area contributed by atoms with Gasteiger partial charge in [-0.1, -0.05) is 97.7 Å². The summed E-state index contributed by atoms with van der Waals surface area (Å²) in [6, 6.07) is 42.2. The van der Waals surface area contributed by atoms with Crippen LogP contribution >= 0.6 is 35.3 Å². The van der Waals surface area contributed by atoms with Crippen LogP contribution in [-0.4, -0.2) is 24.4 Å². The molecule has 9 heteroatoms. The van der Waals surface area contributed by atoms with E-state index in [1.807, 2.05) is 92.7 Å². The number of fused-ring (bicyclic) bond motifs is 6. The first-order valence-electron chi connectivity index (χ1n) is 17.5. The number of Topliss-reactive ketones (excluding diaryl/α,β-unsaturated/α-hetero) is 2. The van der Waals surface area contributed by atoms with Gasteiger partial charge in [-0.2, -0.15) is 0 Å². The van der Waals surface area contributed by atoms with Crippen LogP contribution in [0.1, 0.15) is 58.3 Å². The third kappa shape index (κ3) is 7.64. The number of carbonyl (C=O) groups excluding carboxylic acids is 3. The zero-order valence-electron chi connectivity index (χ0n) is 29.5. The molecule has 264 valence electrons. The summed E-state index contributed by atoms with van der Waals surface area (Å²) >= 11 is 5.18. The fourth-order valence-electron chi connectivity index (χ4n) is 6.27. The van der Waals surface area contributed by atoms with Gasteiger partial charge < -0.3 is 15.5 Å². The molecule has 6 aromatic carbocycles. The fourth-order valence-corrected chi connectivity index (χ4v) is 9.41. The van der Waals surface area contributed by atoms with E-state index in [4.69, 9.17) is 0 Å². The lowest BCUT2D eigenvalue weighted by molar-refractivity contribution is 0.0978. The van der Waals surface area contributed by atoms with E-state index in [-0.39, 0.29) is 11.6 Å². The van der Waals surface area contributed by atoms with Crippen molar-refractivity contribution in [3.05, 3.63) is 144 Å². The Morgan fingerprint density at radius 1 is 0.623 bits per heavy atom. The van der Waals surface area contributed by atoms with E-state index in [1.54, 1.807) is 42.2 Å². The molecule has 0 radical (unpaired) electrons. The van der Waals surface area contributed by atoms with E-state index in [1.165, 1.54) is 25.3 Å². The van der Waals surface area contributed by atoms with Crippen molar-refractivity contribution >= 4 is 87.3 Å². The van der Waals surface area contributed by atoms with Crippen molar-refractivity contribution in [2.75, 3.05) is 22.1 Å². The van der Waals surface area contributed by atoms with Gasteiger partial charge in [-0.15, -0.1) is 0 Å². The van der Waals surface area contributed by atoms with Gasteiger partial charge in [0.05, 0.1) is 34.1 Å². The van der Waals surface area contributed by atoms with Gasteiger partial charge in [-0.3, -0.25) is 14.4 Å². The van der Waals surface area contributed by atoms with Crippen molar-refractivity contribution in [1.29, 1.82) is 0 Å². The van der Waals surface area contributed by atoms with E-state index in [0.717, 1.165) is 62.2 Å². The molecule has 0 bridgehead atoms. The number of nitrogens with zero attached hydrogens (tertiary/aromatic N) is 1. The Kier molecular flexibility index (Phi) is 11.1. The summed E-state index contributed by atoms with van der Waals surface area (Å²) in [4.78, 5) is 43.5. The molecule has 0 aromatic heterocycles. The molecule has 4 heterocycles. The highest BCUT2D eigenvalue weighted by Gasteiger charge is 2.31. The Balaban J connectivity index is 0.000000120. The molecule has 53 heavy (non-hydrogen) atoms. The minimum atomic E-state index is 0.0958. The smallest absolute Gasteiger partial charge is 0.166 e. The summed E-state index contributed by atoms with van der Waals surface area (Å²) in [5.74, 6) is 0.363. The Bertz CT molecular complexity index is 2360. The number of anilines is 6. The second-order valence-electron chi connectivity index (χ2n) is 12.1. The van der Waals surface area contributed by atoms with Gasteiger partial charge in [0.25, 0.3) is 0 Å². The van der Waals surface area contributed by atoms with E-state index >= 15 is 0 Å². The Labute approximate surface area is 322 Å². The maximum atomic E-state index is 12.0. The molecule has 6 nitrogen and oxygen atoms in total. The molecule has 6 aromatic rings. The van der Waals surface area contributed by atoms with Gasteiger partial charge in [-0.05, 0) is 85.8 Å². The first-order valence-corrected chi connectivity index (χ1v) is 19.9. The summed E-state index contributed by atoms with van der Waals surface area (Å²) in [5, 5.41) is 6.72. The normalized spacial score (nSPS) is 13.3. The van der Waals surface area contributed by atoms with Gasteiger partial charge >= 0.3 is 0 Å². The molecule has 0 amide bonds. The summed E-state index contributed by atoms with van der Waals surface area (Å²) in [5.41, 5.74) is 8.98. The third-order valence-corrected chi connectivity index (χ3v) is 12.2. The van der Waals surface area contributed by atoms with Crippen LogP contribution in [0.4, 0.5) is 34.1 Å². The zero-order valence-corrected chi connectivity index (χ0v) is 32.0. The largest absolute Gasteiger partial charge is 0.354 e. The highest BCUT2D eigenvalue weighted by atomic mass is 32.2. The number of benzene rings is 6. The predicted octanol–water partition coefficient (Wildman–Crippen LogP) is 12.7. The minimum Gasteiger partial charge on any atom is -0.354 e.